The molecule has 0 radical (unpaired) electrons. The van der Waals surface area contributed by atoms with E-state index in [1.807, 2.05) is 17.9 Å². The van der Waals surface area contributed by atoms with Crippen molar-refractivity contribution < 1.29 is 9.59 Å². The lowest BCUT2D eigenvalue weighted by molar-refractivity contribution is -0.130. The number of hydrogen-bond donors (Lipinski definition) is 1. The molecule has 1 N–H and O–H groups in total. The molecule has 2 amide bonds. The third-order valence-corrected chi connectivity index (χ3v) is 4.51. The maximum absolute atomic E-state index is 12.1. The summed E-state index contributed by atoms with van der Waals surface area (Å²) in [6, 6.07) is 5.83. The van der Waals surface area contributed by atoms with Crippen LogP contribution in [0, 0.1) is 24.2 Å². The highest BCUT2D eigenvalue weighted by atomic mass is 16.2. The van der Waals surface area contributed by atoms with Gasteiger partial charge in [0.25, 0.3) is 0 Å². The minimum Gasteiger partial charge on any atom is -0.359 e. The van der Waals surface area contributed by atoms with Crippen molar-refractivity contribution in [2.75, 3.05) is 31.6 Å². The lowest BCUT2D eigenvalue weighted by atomic mass is 10.1. The summed E-state index contributed by atoms with van der Waals surface area (Å²) in [5, 5.41) is 11.8. The quantitative estimate of drug-likeness (QED) is 0.851. The first kappa shape index (κ1) is 15.3. The Hall–Kier alpha value is -2.62. The van der Waals surface area contributed by atoms with Gasteiger partial charge in [-0.25, -0.2) is 4.98 Å². The zero-order valence-electron chi connectivity index (χ0n) is 13.2. The number of amides is 2. The summed E-state index contributed by atoms with van der Waals surface area (Å²) in [6.45, 7) is 3.66. The minimum atomic E-state index is -0.256. The third-order valence-electron chi connectivity index (χ3n) is 4.51. The van der Waals surface area contributed by atoms with Crippen LogP contribution in [0.1, 0.15) is 17.7 Å². The number of pyridine rings is 1. The van der Waals surface area contributed by atoms with Gasteiger partial charge in [-0.2, -0.15) is 5.26 Å². The molecular formula is C16H19N5O2. The molecule has 2 aliphatic rings. The second-order valence-electron chi connectivity index (χ2n) is 6.06. The van der Waals surface area contributed by atoms with Crippen molar-refractivity contribution >= 4 is 17.6 Å². The number of aryl methyl sites for hydroxylation is 1. The van der Waals surface area contributed by atoms with E-state index in [2.05, 4.69) is 16.4 Å². The molecule has 120 valence electrons. The van der Waals surface area contributed by atoms with E-state index in [0.717, 1.165) is 5.69 Å². The van der Waals surface area contributed by atoms with Gasteiger partial charge in [-0.1, -0.05) is 0 Å². The van der Waals surface area contributed by atoms with Gasteiger partial charge >= 0.3 is 0 Å². The zero-order chi connectivity index (χ0) is 16.6. The van der Waals surface area contributed by atoms with Gasteiger partial charge in [0, 0.05) is 38.8 Å². The number of carbonyl (C=O) groups excluding carboxylic acids is 2. The fourth-order valence-electron chi connectivity index (χ4n) is 3.16. The van der Waals surface area contributed by atoms with Crippen LogP contribution in [0.4, 0.5) is 5.82 Å². The Bertz CT molecular complexity index is 690. The summed E-state index contributed by atoms with van der Waals surface area (Å²) >= 11 is 0. The number of nitrogens with zero attached hydrogens (tertiary/aromatic N) is 4. The van der Waals surface area contributed by atoms with E-state index >= 15 is 0 Å². The highest BCUT2D eigenvalue weighted by molar-refractivity contribution is 5.89. The SMILES string of the molecule is CNC(=O)C1CC(=O)N(C2CN(c3nc(C)ccc3C#N)C2)C1. The van der Waals surface area contributed by atoms with Crippen molar-refractivity contribution in [3.8, 4) is 6.07 Å². The first-order valence-electron chi connectivity index (χ1n) is 7.67. The second-order valence-corrected chi connectivity index (χ2v) is 6.06. The van der Waals surface area contributed by atoms with Crippen LogP contribution in [-0.4, -0.2) is 54.4 Å². The fraction of sp³-hybridized carbons (Fsp3) is 0.500. The Morgan fingerprint density at radius 1 is 1.39 bits per heavy atom. The average Bonchev–Trinajstić information content (AvgIpc) is 2.87. The summed E-state index contributed by atoms with van der Waals surface area (Å²) in [7, 11) is 1.59. The van der Waals surface area contributed by atoms with E-state index in [4.69, 9.17) is 0 Å². The number of carbonyl (C=O) groups is 2. The maximum atomic E-state index is 12.1. The van der Waals surface area contributed by atoms with Crippen molar-refractivity contribution in [1.82, 2.24) is 15.2 Å². The smallest absolute Gasteiger partial charge is 0.225 e. The number of aromatic nitrogens is 1. The molecule has 2 aliphatic heterocycles. The molecule has 2 fully saturated rings. The molecule has 0 aromatic carbocycles. The van der Waals surface area contributed by atoms with Gasteiger partial charge in [0.2, 0.25) is 11.8 Å². The molecular weight excluding hydrogens is 294 g/mol. The summed E-state index contributed by atoms with van der Waals surface area (Å²) < 4.78 is 0. The van der Waals surface area contributed by atoms with E-state index in [0.29, 0.717) is 31.0 Å². The predicted octanol–water partition coefficient (Wildman–Crippen LogP) is 0.0448. The van der Waals surface area contributed by atoms with Crippen molar-refractivity contribution in [3.05, 3.63) is 23.4 Å². The van der Waals surface area contributed by atoms with Crippen LogP contribution < -0.4 is 10.2 Å². The van der Waals surface area contributed by atoms with Crippen LogP contribution in [0.3, 0.4) is 0 Å². The van der Waals surface area contributed by atoms with E-state index in [-0.39, 0.29) is 30.2 Å². The Morgan fingerprint density at radius 2 is 2.13 bits per heavy atom. The Balaban J connectivity index is 1.66. The topological polar surface area (TPSA) is 89.3 Å². The molecule has 7 nitrogen and oxygen atoms in total. The molecule has 3 rings (SSSR count). The Morgan fingerprint density at radius 3 is 2.78 bits per heavy atom. The monoisotopic (exact) mass is 313 g/mol. The minimum absolute atomic E-state index is 0.0287. The van der Waals surface area contributed by atoms with Gasteiger partial charge in [-0.3, -0.25) is 9.59 Å². The molecule has 2 saturated heterocycles. The van der Waals surface area contributed by atoms with Crippen LogP contribution in [0.2, 0.25) is 0 Å². The summed E-state index contributed by atoms with van der Waals surface area (Å²) in [5.41, 5.74) is 1.41. The van der Waals surface area contributed by atoms with Gasteiger partial charge in [-0.05, 0) is 19.1 Å². The highest BCUT2D eigenvalue weighted by Gasteiger charge is 2.42. The highest BCUT2D eigenvalue weighted by Crippen LogP contribution is 2.29. The molecule has 1 aromatic rings. The van der Waals surface area contributed by atoms with Crippen LogP contribution in [-0.2, 0) is 9.59 Å². The van der Waals surface area contributed by atoms with Crippen molar-refractivity contribution in [2.24, 2.45) is 5.92 Å². The van der Waals surface area contributed by atoms with Crippen LogP contribution >= 0.6 is 0 Å². The average molecular weight is 313 g/mol. The van der Waals surface area contributed by atoms with Crippen LogP contribution in [0.5, 0.6) is 0 Å². The Kier molecular flexibility index (Phi) is 3.90. The lowest BCUT2D eigenvalue weighted by Gasteiger charge is -2.45. The molecule has 0 bridgehead atoms. The number of anilines is 1. The number of rotatable bonds is 3. The maximum Gasteiger partial charge on any atom is 0.225 e. The first-order chi connectivity index (χ1) is 11.0. The molecule has 0 aliphatic carbocycles. The van der Waals surface area contributed by atoms with Crippen molar-refractivity contribution in [3.63, 3.8) is 0 Å². The number of likely N-dealkylation sites (tertiary alicyclic amines) is 1. The number of nitrogens with one attached hydrogen (secondary N) is 1. The van der Waals surface area contributed by atoms with Gasteiger partial charge in [-0.15, -0.1) is 0 Å². The normalized spacial score (nSPS) is 21.1. The van der Waals surface area contributed by atoms with Gasteiger partial charge in [0.05, 0.1) is 17.5 Å². The van der Waals surface area contributed by atoms with Gasteiger partial charge < -0.3 is 15.1 Å². The standard InChI is InChI=1S/C16H19N5O2/c1-10-3-4-11(6-17)15(19-10)20-8-13(9-20)21-7-12(5-14(21)22)16(23)18-2/h3-4,12-13H,5,7-9H2,1-2H3,(H,18,23). The molecule has 0 saturated carbocycles. The molecule has 0 spiro atoms. The van der Waals surface area contributed by atoms with Crippen molar-refractivity contribution in [1.29, 1.82) is 5.26 Å². The zero-order valence-corrected chi connectivity index (χ0v) is 13.2. The summed E-state index contributed by atoms with van der Waals surface area (Å²) in [4.78, 5) is 32.1. The van der Waals surface area contributed by atoms with Crippen molar-refractivity contribution in [2.45, 2.75) is 19.4 Å². The fourth-order valence-corrected chi connectivity index (χ4v) is 3.16. The largest absolute Gasteiger partial charge is 0.359 e. The molecule has 3 heterocycles. The Labute approximate surface area is 134 Å². The lowest BCUT2D eigenvalue weighted by Crippen LogP contribution is -2.60. The molecule has 23 heavy (non-hydrogen) atoms. The molecule has 7 heteroatoms. The molecule has 1 unspecified atom stereocenters. The molecule has 1 atom stereocenters. The van der Waals surface area contributed by atoms with E-state index in [9.17, 15) is 14.9 Å². The third kappa shape index (κ3) is 2.72. The van der Waals surface area contributed by atoms with Crippen LogP contribution in [0.25, 0.3) is 0 Å². The van der Waals surface area contributed by atoms with E-state index in [1.165, 1.54) is 0 Å². The molecule has 1 aromatic heterocycles. The second kappa shape index (κ2) is 5.88. The van der Waals surface area contributed by atoms with Gasteiger partial charge in [0.15, 0.2) is 0 Å². The van der Waals surface area contributed by atoms with E-state index < -0.39 is 0 Å². The number of hydrogen-bond acceptors (Lipinski definition) is 5. The van der Waals surface area contributed by atoms with Crippen LogP contribution in [0.15, 0.2) is 12.1 Å². The predicted molar refractivity (Wildman–Crippen MR) is 83.6 cm³/mol. The van der Waals surface area contributed by atoms with E-state index in [1.54, 1.807) is 18.0 Å². The number of nitriles is 1. The summed E-state index contributed by atoms with van der Waals surface area (Å²) in [6.07, 6.45) is 0.280. The summed E-state index contributed by atoms with van der Waals surface area (Å²) in [5.74, 6) is 0.372. The first-order valence-corrected chi connectivity index (χ1v) is 7.67. The van der Waals surface area contributed by atoms with Gasteiger partial charge in [0.1, 0.15) is 11.9 Å².